The van der Waals surface area contributed by atoms with Crippen molar-refractivity contribution in [3.8, 4) is 11.8 Å². The van der Waals surface area contributed by atoms with E-state index in [0.717, 1.165) is 18.9 Å². The molecule has 0 heterocycles. The fourth-order valence-electron chi connectivity index (χ4n) is 1.08. The van der Waals surface area contributed by atoms with Crippen molar-refractivity contribution in [2.24, 2.45) is 0 Å². The van der Waals surface area contributed by atoms with E-state index in [1.165, 1.54) is 6.07 Å². The average molecular weight is 211 g/mol. The predicted molar refractivity (Wildman–Crippen MR) is 51.5 cm³/mol. The number of benzene rings is 1. The molecule has 2 nitrogen and oxygen atoms in total. The lowest BCUT2D eigenvalue weighted by Crippen LogP contribution is -2.01. The average Bonchev–Trinajstić information content (AvgIpc) is 2.24. The van der Waals surface area contributed by atoms with Crippen LogP contribution in [-0.2, 0) is 0 Å². The standard InChI is InChI=1S/C11H11F2NO/c1-2-3-6-15-10-5-4-9(12)11(13)8(10)7-14/h4-5H,2-3,6H2,1H3. The van der Waals surface area contributed by atoms with E-state index >= 15 is 0 Å². The fourth-order valence-corrected chi connectivity index (χ4v) is 1.08. The highest BCUT2D eigenvalue weighted by Crippen LogP contribution is 2.22. The van der Waals surface area contributed by atoms with Crippen LogP contribution in [0.4, 0.5) is 8.78 Å². The number of ether oxygens (including phenoxy) is 1. The van der Waals surface area contributed by atoms with E-state index in [4.69, 9.17) is 10.00 Å². The molecule has 4 heteroatoms. The van der Waals surface area contributed by atoms with E-state index < -0.39 is 11.6 Å². The first-order valence-electron chi connectivity index (χ1n) is 4.71. The fraction of sp³-hybridized carbons (Fsp3) is 0.364. The van der Waals surface area contributed by atoms with Gasteiger partial charge < -0.3 is 4.74 Å². The topological polar surface area (TPSA) is 33.0 Å². The van der Waals surface area contributed by atoms with Crippen LogP contribution >= 0.6 is 0 Å². The van der Waals surface area contributed by atoms with Crippen LogP contribution in [0.1, 0.15) is 25.3 Å². The third kappa shape index (κ3) is 2.66. The van der Waals surface area contributed by atoms with Gasteiger partial charge in [0, 0.05) is 0 Å². The van der Waals surface area contributed by atoms with Crippen LogP contribution in [0.3, 0.4) is 0 Å². The van der Waals surface area contributed by atoms with E-state index in [1.54, 1.807) is 6.07 Å². The molecule has 0 unspecified atom stereocenters. The summed E-state index contributed by atoms with van der Waals surface area (Å²) in [5.74, 6) is -2.08. The van der Waals surface area contributed by atoms with Crippen molar-refractivity contribution >= 4 is 0 Å². The van der Waals surface area contributed by atoms with Gasteiger partial charge in [-0.3, -0.25) is 0 Å². The monoisotopic (exact) mass is 211 g/mol. The van der Waals surface area contributed by atoms with Crippen LogP contribution in [-0.4, -0.2) is 6.61 Å². The molecule has 0 fully saturated rings. The number of halogens is 2. The minimum Gasteiger partial charge on any atom is -0.492 e. The van der Waals surface area contributed by atoms with Gasteiger partial charge in [-0.2, -0.15) is 5.26 Å². The Hall–Kier alpha value is -1.63. The quantitative estimate of drug-likeness (QED) is 0.717. The first kappa shape index (κ1) is 11.4. The Labute approximate surface area is 87.1 Å². The lowest BCUT2D eigenvalue weighted by molar-refractivity contribution is 0.305. The number of nitriles is 1. The van der Waals surface area contributed by atoms with Gasteiger partial charge in [-0.05, 0) is 18.6 Å². The summed E-state index contributed by atoms with van der Waals surface area (Å²) in [6, 6.07) is 3.82. The second-order valence-corrected chi connectivity index (χ2v) is 3.05. The maximum Gasteiger partial charge on any atom is 0.180 e. The maximum atomic E-state index is 13.1. The highest BCUT2D eigenvalue weighted by Gasteiger charge is 2.13. The molecule has 0 aliphatic heterocycles. The van der Waals surface area contributed by atoms with E-state index in [-0.39, 0.29) is 11.3 Å². The van der Waals surface area contributed by atoms with Crippen LogP contribution in [0.5, 0.6) is 5.75 Å². The van der Waals surface area contributed by atoms with Crippen LogP contribution < -0.4 is 4.74 Å². The summed E-state index contributed by atoms with van der Waals surface area (Å²) in [6.07, 6.45) is 1.75. The van der Waals surface area contributed by atoms with Gasteiger partial charge in [0.2, 0.25) is 0 Å². The Bertz CT molecular complexity index is 385. The molecule has 0 bridgehead atoms. The summed E-state index contributed by atoms with van der Waals surface area (Å²) in [5.41, 5.74) is -0.369. The minimum absolute atomic E-state index is 0.102. The summed E-state index contributed by atoms with van der Waals surface area (Å²) in [6.45, 7) is 2.38. The first-order valence-corrected chi connectivity index (χ1v) is 4.71. The largest absolute Gasteiger partial charge is 0.492 e. The van der Waals surface area contributed by atoms with E-state index in [9.17, 15) is 8.78 Å². The molecule has 0 aliphatic rings. The zero-order valence-corrected chi connectivity index (χ0v) is 8.39. The molecule has 0 N–H and O–H groups in total. The SMILES string of the molecule is CCCCOc1ccc(F)c(F)c1C#N. The normalized spacial score (nSPS) is 9.73. The number of rotatable bonds is 4. The molecule has 1 rings (SSSR count). The summed E-state index contributed by atoms with van der Waals surface area (Å²) < 4.78 is 31.0. The van der Waals surface area contributed by atoms with Crippen molar-refractivity contribution in [2.45, 2.75) is 19.8 Å². The van der Waals surface area contributed by atoms with Gasteiger partial charge in [-0.15, -0.1) is 0 Å². The smallest absolute Gasteiger partial charge is 0.180 e. The molecule has 0 saturated carbocycles. The molecule has 0 atom stereocenters. The molecule has 15 heavy (non-hydrogen) atoms. The van der Waals surface area contributed by atoms with Crippen molar-refractivity contribution < 1.29 is 13.5 Å². The van der Waals surface area contributed by atoms with Crippen molar-refractivity contribution in [3.05, 3.63) is 29.3 Å². The summed E-state index contributed by atoms with van der Waals surface area (Å²) in [5, 5.41) is 8.64. The molecule has 0 amide bonds. The Morgan fingerprint density at radius 3 is 2.73 bits per heavy atom. The second-order valence-electron chi connectivity index (χ2n) is 3.05. The Morgan fingerprint density at radius 1 is 1.40 bits per heavy atom. The van der Waals surface area contributed by atoms with Crippen LogP contribution in [0.2, 0.25) is 0 Å². The zero-order chi connectivity index (χ0) is 11.3. The first-order chi connectivity index (χ1) is 7.20. The summed E-state index contributed by atoms with van der Waals surface area (Å²) in [7, 11) is 0. The van der Waals surface area contributed by atoms with Gasteiger partial charge in [0.25, 0.3) is 0 Å². The third-order valence-electron chi connectivity index (χ3n) is 1.92. The highest BCUT2D eigenvalue weighted by molar-refractivity contribution is 5.44. The van der Waals surface area contributed by atoms with Crippen molar-refractivity contribution in [3.63, 3.8) is 0 Å². The Balaban J connectivity index is 2.89. The Morgan fingerprint density at radius 2 is 2.13 bits per heavy atom. The molecular formula is C11H11F2NO. The number of hydrogen-bond donors (Lipinski definition) is 0. The highest BCUT2D eigenvalue weighted by atomic mass is 19.2. The predicted octanol–water partition coefficient (Wildman–Crippen LogP) is 3.02. The Kier molecular flexibility index (Phi) is 4.04. The van der Waals surface area contributed by atoms with Gasteiger partial charge in [-0.25, -0.2) is 8.78 Å². The van der Waals surface area contributed by atoms with Crippen LogP contribution in [0.25, 0.3) is 0 Å². The molecule has 0 saturated heterocycles. The zero-order valence-electron chi connectivity index (χ0n) is 8.39. The van der Waals surface area contributed by atoms with Gasteiger partial charge in [0.05, 0.1) is 6.61 Å². The molecule has 80 valence electrons. The molecule has 1 aromatic rings. The van der Waals surface area contributed by atoms with Crippen LogP contribution in [0.15, 0.2) is 12.1 Å². The lowest BCUT2D eigenvalue weighted by atomic mass is 10.2. The van der Waals surface area contributed by atoms with E-state index in [1.807, 2.05) is 6.92 Å². The van der Waals surface area contributed by atoms with Crippen LogP contribution in [0, 0.1) is 23.0 Å². The summed E-state index contributed by atoms with van der Waals surface area (Å²) >= 11 is 0. The van der Waals surface area contributed by atoms with Crippen molar-refractivity contribution in [1.82, 2.24) is 0 Å². The molecule has 1 aromatic carbocycles. The number of nitrogens with zero attached hydrogens (tertiary/aromatic N) is 1. The maximum absolute atomic E-state index is 13.1. The molecule has 0 spiro atoms. The molecule has 0 aliphatic carbocycles. The molecular weight excluding hydrogens is 200 g/mol. The molecule has 0 aromatic heterocycles. The summed E-state index contributed by atoms with van der Waals surface area (Å²) in [4.78, 5) is 0. The number of unbranched alkanes of at least 4 members (excludes halogenated alkanes) is 1. The van der Waals surface area contributed by atoms with Crippen molar-refractivity contribution in [2.75, 3.05) is 6.61 Å². The molecule has 0 radical (unpaired) electrons. The second kappa shape index (κ2) is 5.30. The van der Waals surface area contributed by atoms with Gasteiger partial charge >= 0.3 is 0 Å². The van der Waals surface area contributed by atoms with E-state index in [0.29, 0.717) is 6.61 Å². The lowest BCUT2D eigenvalue weighted by Gasteiger charge is -2.07. The van der Waals surface area contributed by atoms with Gasteiger partial charge in [0.1, 0.15) is 17.4 Å². The minimum atomic E-state index is -1.15. The van der Waals surface area contributed by atoms with E-state index in [2.05, 4.69) is 0 Å². The number of hydrogen-bond acceptors (Lipinski definition) is 2. The van der Waals surface area contributed by atoms with Crippen molar-refractivity contribution in [1.29, 1.82) is 5.26 Å². The van der Waals surface area contributed by atoms with Gasteiger partial charge in [0.15, 0.2) is 11.6 Å². The van der Waals surface area contributed by atoms with Gasteiger partial charge in [-0.1, -0.05) is 13.3 Å². The third-order valence-corrected chi connectivity index (χ3v) is 1.92.